The lowest BCUT2D eigenvalue weighted by Crippen LogP contribution is -2.45. The van der Waals surface area contributed by atoms with Gasteiger partial charge in [-0.1, -0.05) is 30.4 Å². The zero-order chi connectivity index (χ0) is 19.5. The van der Waals surface area contributed by atoms with Gasteiger partial charge in [0.25, 0.3) is 0 Å². The Hall–Kier alpha value is -2.60. The summed E-state index contributed by atoms with van der Waals surface area (Å²) in [5.74, 6) is -0.888. The maximum absolute atomic E-state index is 13.2. The summed E-state index contributed by atoms with van der Waals surface area (Å²) in [6, 6.07) is 8.23. The number of likely N-dealkylation sites (tertiary alicyclic amines) is 1. The Balaban J connectivity index is 1.34. The van der Waals surface area contributed by atoms with Crippen molar-refractivity contribution in [2.24, 2.45) is 11.8 Å². The number of carbonyl (C=O) groups excluding carboxylic acids is 2. The summed E-state index contributed by atoms with van der Waals surface area (Å²) in [6.07, 6.45) is 6.46. The number of aromatic amines is 1. The van der Waals surface area contributed by atoms with E-state index in [9.17, 15) is 9.59 Å². The van der Waals surface area contributed by atoms with E-state index in [-0.39, 0.29) is 24.0 Å². The molecule has 3 aliphatic rings. The van der Waals surface area contributed by atoms with E-state index >= 15 is 0 Å². The molecule has 6 nitrogen and oxygen atoms in total. The molecule has 146 valence electrons. The fourth-order valence-electron chi connectivity index (χ4n) is 5.04. The van der Waals surface area contributed by atoms with Crippen molar-refractivity contribution in [2.75, 3.05) is 13.1 Å². The molecule has 0 radical (unpaired) electrons. The molecule has 5 rings (SSSR count). The van der Waals surface area contributed by atoms with Gasteiger partial charge < -0.3 is 19.9 Å². The van der Waals surface area contributed by atoms with Gasteiger partial charge in [-0.05, 0) is 31.9 Å². The van der Waals surface area contributed by atoms with E-state index in [1.165, 1.54) is 10.9 Å². The fraction of sp³-hybridized carbons (Fsp3) is 0.455. The minimum atomic E-state index is -0.638. The highest BCUT2D eigenvalue weighted by Crippen LogP contribution is 2.51. The van der Waals surface area contributed by atoms with Gasteiger partial charge in [0, 0.05) is 29.7 Å². The molecule has 1 aromatic heterocycles. The number of hydrogen-bond donors (Lipinski definition) is 2. The topological polar surface area (TPSA) is 74.4 Å². The second kappa shape index (κ2) is 6.21. The number of H-pyrrole nitrogens is 1. The normalized spacial score (nSPS) is 30.6. The third-order valence-electron chi connectivity index (χ3n) is 6.24. The zero-order valence-electron chi connectivity index (χ0n) is 16.1. The Kier molecular flexibility index (Phi) is 3.88. The third kappa shape index (κ3) is 2.51. The maximum atomic E-state index is 13.2. The number of rotatable bonds is 5. The van der Waals surface area contributed by atoms with Crippen molar-refractivity contribution >= 4 is 22.7 Å². The summed E-state index contributed by atoms with van der Waals surface area (Å²) in [6.45, 7) is 5.01. The molecule has 4 heterocycles. The number of amides is 2. The second-order valence-corrected chi connectivity index (χ2v) is 8.43. The van der Waals surface area contributed by atoms with Crippen molar-refractivity contribution in [2.45, 2.75) is 38.0 Å². The highest BCUT2D eigenvalue weighted by molar-refractivity contribution is 5.93. The summed E-state index contributed by atoms with van der Waals surface area (Å²) < 4.78 is 6.17. The molecule has 6 heteroatoms. The highest BCUT2D eigenvalue weighted by atomic mass is 16.5. The SMILES string of the molecule is CC(C)NC(=O)C1C2C=CC3(CN(CCc4c[nH]c5ccccc45)C(=O)C13)O2. The number of para-hydroxylation sites is 1. The molecule has 2 fully saturated rings. The van der Waals surface area contributed by atoms with Crippen LogP contribution in [0, 0.1) is 11.8 Å². The van der Waals surface area contributed by atoms with Gasteiger partial charge in [-0.15, -0.1) is 0 Å². The highest BCUT2D eigenvalue weighted by Gasteiger charge is 2.66. The van der Waals surface area contributed by atoms with Gasteiger partial charge in [0.2, 0.25) is 11.8 Å². The number of hydrogen-bond acceptors (Lipinski definition) is 3. The molecule has 4 atom stereocenters. The lowest BCUT2D eigenvalue weighted by molar-refractivity contribution is -0.137. The Morgan fingerprint density at radius 3 is 3.04 bits per heavy atom. The Morgan fingerprint density at radius 1 is 1.39 bits per heavy atom. The summed E-state index contributed by atoms with van der Waals surface area (Å²) in [4.78, 5) is 31.1. The van der Waals surface area contributed by atoms with Gasteiger partial charge in [0.15, 0.2) is 0 Å². The van der Waals surface area contributed by atoms with Crippen molar-refractivity contribution in [3.05, 3.63) is 48.2 Å². The van der Waals surface area contributed by atoms with Crippen LogP contribution in [0.4, 0.5) is 0 Å². The van der Waals surface area contributed by atoms with Crippen LogP contribution in [0.25, 0.3) is 10.9 Å². The summed E-state index contributed by atoms with van der Waals surface area (Å²) in [5, 5.41) is 4.15. The van der Waals surface area contributed by atoms with E-state index in [4.69, 9.17) is 4.74 Å². The average Bonchev–Trinajstić information content (AvgIpc) is 3.39. The Bertz CT molecular complexity index is 978. The molecule has 2 bridgehead atoms. The number of aromatic nitrogens is 1. The molecule has 28 heavy (non-hydrogen) atoms. The quantitative estimate of drug-likeness (QED) is 0.781. The van der Waals surface area contributed by atoms with Crippen LogP contribution in [0.2, 0.25) is 0 Å². The van der Waals surface area contributed by atoms with Gasteiger partial charge in [-0.2, -0.15) is 0 Å². The Labute approximate surface area is 163 Å². The minimum absolute atomic E-state index is 0.0376. The molecule has 0 aliphatic carbocycles. The number of carbonyl (C=O) groups is 2. The van der Waals surface area contributed by atoms with Crippen LogP contribution in [-0.2, 0) is 20.7 Å². The van der Waals surface area contributed by atoms with Gasteiger partial charge in [-0.25, -0.2) is 0 Å². The fourth-order valence-corrected chi connectivity index (χ4v) is 5.04. The first-order chi connectivity index (χ1) is 13.5. The first-order valence-electron chi connectivity index (χ1n) is 10.00. The van der Waals surface area contributed by atoms with Crippen LogP contribution in [0.15, 0.2) is 42.6 Å². The summed E-state index contributed by atoms with van der Waals surface area (Å²) in [5.41, 5.74) is 1.67. The van der Waals surface area contributed by atoms with Crippen LogP contribution < -0.4 is 5.32 Å². The molecular formula is C22H25N3O3. The van der Waals surface area contributed by atoms with E-state index in [0.29, 0.717) is 13.1 Å². The molecule has 2 aromatic rings. The standard InChI is InChI=1S/C22H25N3O3/c1-13(2)24-20(26)18-17-7-9-22(28-17)12-25(21(27)19(18)22)10-8-14-11-23-16-6-4-3-5-15(14)16/h3-7,9,11,13,17-19,23H,8,10,12H2,1-2H3,(H,24,26). The summed E-state index contributed by atoms with van der Waals surface area (Å²) in [7, 11) is 0. The first kappa shape index (κ1) is 17.5. The first-order valence-corrected chi connectivity index (χ1v) is 10.00. The maximum Gasteiger partial charge on any atom is 0.230 e. The van der Waals surface area contributed by atoms with Crippen LogP contribution >= 0.6 is 0 Å². The van der Waals surface area contributed by atoms with E-state index < -0.39 is 17.4 Å². The van der Waals surface area contributed by atoms with Gasteiger partial charge in [-0.3, -0.25) is 9.59 Å². The van der Waals surface area contributed by atoms with Gasteiger partial charge >= 0.3 is 0 Å². The molecule has 4 unspecified atom stereocenters. The second-order valence-electron chi connectivity index (χ2n) is 8.43. The van der Waals surface area contributed by atoms with Gasteiger partial charge in [0.1, 0.15) is 5.60 Å². The molecule has 1 spiro atoms. The minimum Gasteiger partial charge on any atom is -0.361 e. The molecule has 3 aliphatic heterocycles. The largest absolute Gasteiger partial charge is 0.361 e. The number of benzene rings is 1. The van der Waals surface area contributed by atoms with E-state index in [1.54, 1.807) is 0 Å². The van der Waals surface area contributed by atoms with Crippen molar-refractivity contribution in [3.8, 4) is 0 Å². The van der Waals surface area contributed by atoms with Crippen molar-refractivity contribution < 1.29 is 14.3 Å². The smallest absolute Gasteiger partial charge is 0.230 e. The predicted molar refractivity (Wildman–Crippen MR) is 106 cm³/mol. The Morgan fingerprint density at radius 2 is 2.21 bits per heavy atom. The molecule has 2 amide bonds. The number of ether oxygens (including phenoxy) is 1. The number of nitrogens with one attached hydrogen (secondary N) is 2. The van der Waals surface area contributed by atoms with Crippen LogP contribution in [0.3, 0.4) is 0 Å². The van der Waals surface area contributed by atoms with Crippen LogP contribution in [0.1, 0.15) is 19.4 Å². The van der Waals surface area contributed by atoms with Crippen LogP contribution in [-0.4, -0.2) is 52.5 Å². The average molecular weight is 379 g/mol. The predicted octanol–water partition coefficient (Wildman–Crippen LogP) is 2.02. The molecule has 2 saturated heterocycles. The van der Waals surface area contributed by atoms with E-state index in [2.05, 4.69) is 22.4 Å². The number of fused-ring (bicyclic) bond motifs is 2. The van der Waals surface area contributed by atoms with Crippen molar-refractivity contribution in [3.63, 3.8) is 0 Å². The third-order valence-corrected chi connectivity index (χ3v) is 6.24. The zero-order valence-corrected chi connectivity index (χ0v) is 16.1. The molecule has 2 N–H and O–H groups in total. The monoisotopic (exact) mass is 379 g/mol. The lowest BCUT2D eigenvalue weighted by Gasteiger charge is -2.24. The van der Waals surface area contributed by atoms with Crippen molar-refractivity contribution in [1.29, 1.82) is 0 Å². The molecule has 1 aromatic carbocycles. The molecule has 0 saturated carbocycles. The van der Waals surface area contributed by atoms with Gasteiger partial charge in [0.05, 0.1) is 24.5 Å². The van der Waals surface area contributed by atoms with Crippen LogP contribution in [0.5, 0.6) is 0 Å². The van der Waals surface area contributed by atoms with Crippen molar-refractivity contribution in [1.82, 2.24) is 15.2 Å². The van der Waals surface area contributed by atoms with E-state index in [1.807, 2.05) is 49.2 Å². The molecular weight excluding hydrogens is 354 g/mol. The number of nitrogens with zero attached hydrogens (tertiary/aromatic N) is 1. The summed E-state index contributed by atoms with van der Waals surface area (Å²) >= 11 is 0. The lowest BCUT2D eigenvalue weighted by atomic mass is 9.76. The van der Waals surface area contributed by atoms with E-state index in [0.717, 1.165) is 11.9 Å².